The van der Waals surface area contributed by atoms with Gasteiger partial charge in [0.15, 0.2) is 0 Å². The van der Waals surface area contributed by atoms with Gasteiger partial charge in [-0.2, -0.15) is 0 Å². The lowest BCUT2D eigenvalue weighted by atomic mass is 10.1. The van der Waals surface area contributed by atoms with Crippen molar-refractivity contribution in [2.24, 2.45) is 0 Å². The van der Waals surface area contributed by atoms with Gasteiger partial charge < -0.3 is 5.32 Å². The molecule has 0 unspecified atom stereocenters. The molecule has 3 heteroatoms. The minimum absolute atomic E-state index is 0.888. The molecule has 0 bridgehead atoms. The van der Waals surface area contributed by atoms with Gasteiger partial charge in [0, 0.05) is 27.7 Å². The molecule has 0 amide bonds. The molecule has 2 aromatic carbocycles. The second kappa shape index (κ2) is 5.86. The minimum atomic E-state index is 0.888. The molecule has 0 atom stereocenters. The molecule has 0 spiro atoms. The number of nitrogens with one attached hydrogen (secondary N) is 1. The smallest absolute Gasteiger partial charge is 0.0760 e. The van der Waals surface area contributed by atoms with Crippen molar-refractivity contribution in [1.29, 1.82) is 0 Å². The van der Waals surface area contributed by atoms with Crippen LogP contribution in [0.4, 0.5) is 5.69 Å². The summed E-state index contributed by atoms with van der Waals surface area (Å²) in [4.78, 5) is 4.87. The van der Waals surface area contributed by atoms with Crippen molar-refractivity contribution in [1.82, 2.24) is 4.98 Å². The van der Waals surface area contributed by atoms with Gasteiger partial charge in [-0.25, -0.2) is 4.98 Å². The van der Waals surface area contributed by atoms with Gasteiger partial charge in [0.05, 0.1) is 11.2 Å². The Hall–Kier alpha value is -1.87. The number of pyridine rings is 1. The van der Waals surface area contributed by atoms with Gasteiger partial charge >= 0.3 is 0 Å². The zero-order valence-corrected chi connectivity index (χ0v) is 13.7. The molecular formula is C18H17BrN2. The molecule has 0 radical (unpaired) electrons. The SMILES string of the molecule is CCNc1cc(-c2ccccc2)nc2c(C)cc(Br)cc12. The van der Waals surface area contributed by atoms with E-state index in [0.717, 1.165) is 38.9 Å². The summed E-state index contributed by atoms with van der Waals surface area (Å²) in [6.45, 7) is 5.10. The van der Waals surface area contributed by atoms with Crippen molar-refractivity contribution in [3.63, 3.8) is 0 Å². The monoisotopic (exact) mass is 340 g/mol. The zero-order chi connectivity index (χ0) is 14.8. The Morgan fingerprint density at radius 3 is 2.57 bits per heavy atom. The first-order chi connectivity index (χ1) is 10.2. The topological polar surface area (TPSA) is 24.9 Å². The molecule has 21 heavy (non-hydrogen) atoms. The Morgan fingerprint density at radius 1 is 1.10 bits per heavy atom. The number of aromatic nitrogens is 1. The van der Waals surface area contributed by atoms with E-state index in [1.807, 2.05) is 18.2 Å². The van der Waals surface area contributed by atoms with Crippen molar-refractivity contribution >= 4 is 32.5 Å². The number of hydrogen-bond donors (Lipinski definition) is 1. The molecule has 1 N–H and O–H groups in total. The summed E-state index contributed by atoms with van der Waals surface area (Å²) >= 11 is 3.58. The predicted molar refractivity (Wildman–Crippen MR) is 93.8 cm³/mol. The van der Waals surface area contributed by atoms with Crippen LogP contribution in [0.2, 0.25) is 0 Å². The highest BCUT2D eigenvalue weighted by molar-refractivity contribution is 9.10. The number of aryl methyl sites for hydroxylation is 1. The summed E-state index contributed by atoms with van der Waals surface area (Å²) in [6, 6.07) is 16.7. The van der Waals surface area contributed by atoms with E-state index in [2.05, 4.69) is 65.4 Å². The first-order valence-electron chi connectivity index (χ1n) is 7.09. The van der Waals surface area contributed by atoms with Gasteiger partial charge in [-0.3, -0.25) is 0 Å². The van der Waals surface area contributed by atoms with E-state index in [9.17, 15) is 0 Å². The van der Waals surface area contributed by atoms with E-state index in [4.69, 9.17) is 4.98 Å². The molecule has 3 aromatic rings. The molecule has 0 aliphatic carbocycles. The Morgan fingerprint density at radius 2 is 1.86 bits per heavy atom. The zero-order valence-electron chi connectivity index (χ0n) is 12.2. The fourth-order valence-corrected chi connectivity index (χ4v) is 3.12. The predicted octanol–water partition coefficient (Wildman–Crippen LogP) is 5.40. The third kappa shape index (κ3) is 2.79. The quantitative estimate of drug-likeness (QED) is 0.689. The van der Waals surface area contributed by atoms with Crippen LogP contribution in [0.1, 0.15) is 12.5 Å². The highest BCUT2D eigenvalue weighted by atomic mass is 79.9. The summed E-state index contributed by atoms with van der Waals surface area (Å²) < 4.78 is 1.08. The van der Waals surface area contributed by atoms with E-state index < -0.39 is 0 Å². The third-order valence-electron chi connectivity index (χ3n) is 3.51. The number of fused-ring (bicyclic) bond motifs is 1. The normalized spacial score (nSPS) is 10.8. The fraction of sp³-hybridized carbons (Fsp3) is 0.167. The van der Waals surface area contributed by atoms with E-state index >= 15 is 0 Å². The van der Waals surface area contributed by atoms with E-state index in [1.54, 1.807) is 0 Å². The van der Waals surface area contributed by atoms with E-state index in [0.29, 0.717) is 0 Å². The molecule has 1 aromatic heterocycles. The van der Waals surface area contributed by atoms with Crippen molar-refractivity contribution in [3.05, 3.63) is 58.6 Å². The highest BCUT2D eigenvalue weighted by Crippen LogP contribution is 2.32. The van der Waals surface area contributed by atoms with Gasteiger partial charge in [0.1, 0.15) is 0 Å². The maximum Gasteiger partial charge on any atom is 0.0760 e. The van der Waals surface area contributed by atoms with Crippen LogP contribution in [0.5, 0.6) is 0 Å². The van der Waals surface area contributed by atoms with Crippen molar-refractivity contribution in [2.75, 3.05) is 11.9 Å². The molecule has 0 aliphatic rings. The number of rotatable bonds is 3. The van der Waals surface area contributed by atoms with Gasteiger partial charge in [-0.05, 0) is 37.6 Å². The van der Waals surface area contributed by atoms with Crippen LogP contribution in [-0.2, 0) is 0 Å². The molecule has 106 valence electrons. The molecule has 2 nitrogen and oxygen atoms in total. The molecule has 0 fully saturated rings. The summed E-state index contributed by atoms with van der Waals surface area (Å²) in [6.07, 6.45) is 0. The van der Waals surface area contributed by atoms with Crippen LogP contribution in [0, 0.1) is 6.92 Å². The first kappa shape index (κ1) is 14.1. The molecule has 0 saturated carbocycles. The lowest BCUT2D eigenvalue weighted by molar-refractivity contribution is 1.21. The fourth-order valence-electron chi connectivity index (χ4n) is 2.55. The number of benzene rings is 2. The summed E-state index contributed by atoms with van der Waals surface area (Å²) in [5.74, 6) is 0. The Bertz CT molecular complexity index is 782. The van der Waals surface area contributed by atoms with Crippen LogP contribution in [0.15, 0.2) is 53.0 Å². The third-order valence-corrected chi connectivity index (χ3v) is 3.96. The Labute approximate surface area is 133 Å². The summed E-state index contributed by atoms with van der Waals surface area (Å²) in [7, 11) is 0. The average Bonchev–Trinajstić information content (AvgIpc) is 2.49. The molecule has 0 saturated heterocycles. The largest absolute Gasteiger partial charge is 0.385 e. The van der Waals surface area contributed by atoms with Crippen LogP contribution >= 0.6 is 15.9 Å². The lowest BCUT2D eigenvalue weighted by Gasteiger charge is -2.13. The molecule has 0 aliphatic heterocycles. The second-order valence-corrected chi connectivity index (χ2v) is 5.99. The summed E-state index contributed by atoms with van der Waals surface area (Å²) in [5.41, 5.74) is 5.50. The van der Waals surface area contributed by atoms with Gasteiger partial charge in [-0.15, -0.1) is 0 Å². The summed E-state index contributed by atoms with van der Waals surface area (Å²) in [5, 5.41) is 4.61. The van der Waals surface area contributed by atoms with Crippen LogP contribution in [0.25, 0.3) is 22.2 Å². The van der Waals surface area contributed by atoms with Gasteiger partial charge in [0.25, 0.3) is 0 Å². The second-order valence-electron chi connectivity index (χ2n) is 5.07. The van der Waals surface area contributed by atoms with Crippen molar-refractivity contribution in [3.8, 4) is 11.3 Å². The number of hydrogen-bond acceptors (Lipinski definition) is 2. The number of nitrogens with zero attached hydrogens (tertiary/aromatic N) is 1. The average molecular weight is 341 g/mol. The highest BCUT2D eigenvalue weighted by Gasteiger charge is 2.10. The number of halogens is 1. The minimum Gasteiger partial charge on any atom is -0.385 e. The molecular weight excluding hydrogens is 324 g/mol. The van der Waals surface area contributed by atoms with Crippen molar-refractivity contribution < 1.29 is 0 Å². The van der Waals surface area contributed by atoms with Gasteiger partial charge in [0.2, 0.25) is 0 Å². The van der Waals surface area contributed by atoms with E-state index in [-0.39, 0.29) is 0 Å². The Balaban J connectivity index is 2.29. The first-order valence-corrected chi connectivity index (χ1v) is 7.88. The lowest BCUT2D eigenvalue weighted by Crippen LogP contribution is -2.00. The van der Waals surface area contributed by atoms with E-state index in [1.165, 1.54) is 5.56 Å². The van der Waals surface area contributed by atoms with Crippen LogP contribution < -0.4 is 5.32 Å². The Kier molecular flexibility index (Phi) is 3.93. The molecule has 3 rings (SSSR count). The van der Waals surface area contributed by atoms with Crippen molar-refractivity contribution in [2.45, 2.75) is 13.8 Å². The van der Waals surface area contributed by atoms with Crippen LogP contribution in [0.3, 0.4) is 0 Å². The van der Waals surface area contributed by atoms with Crippen LogP contribution in [-0.4, -0.2) is 11.5 Å². The maximum absolute atomic E-state index is 4.87. The maximum atomic E-state index is 4.87. The standard InChI is InChI=1S/C18H17BrN2/c1-3-20-17-11-16(13-7-5-4-6-8-13)21-18-12(2)9-14(19)10-15(17)18/h4-11H,3H2,1-2H3,(H,20,21). The van der Waals surface area contributed by atoms with Gasteiger partial charge in [-0.1, -0.05) is 46.3 Å². The number of anilines is 1. The molecule has 1 heterocycles.